The predicted octanol–water partition coefficient (Wildman–Crippen LogP) is 1.94. The van der Waals surface area contributed by atoms with Crippen LogP contribution in [0.25, 0.3) is 0 Å². The van der Waals surface area contributed by atoms with Gasteiger partial charge in [0, 0.05) is 25.2 Å². The molecule has 2 aliphatic heterocycles. The molecule has 0 bridgehead atoms. The Kier molecular flexibility index (Phi) is 4.61. The molecule has 0 radical (unpaired) electrons. The minimum absolute atomic E-state index is 0.101. The lowest BCUT2D eigenvalue weighted by Gasteiger charge is -2.49. The number of aromatic hydroxyl groups is 3. The summed E-state index contributed by atoms with van der Waals surface area (Å²) in [6.07, 6.45) is 11.1. The Bertz CT molecular complexity index is 1140. The Hall–Kier alpha value is -3.61. The Morgan fingerprint density at radius 2 is 1.63 bits per heavy atom. The van der Waals surface area contributed by atoms with E-state index in [1.54, 1.807) is 11.0 Å². The number of benzene rings is 2. The maximum atomic E-state index is 13.1. The number of hydrogen-bond acceptors (Lipinski definition) is 5. The lowest BCUT2D eigenvalue weighted by Crippen LogP contribution is -2.57. The zero-order valence-corrected chi connectivity index (χ0v) is 16.6. The minimum atomic E-state index is -0.777. The largest absolute Gasteiger partial charge is 0.508 e. The highest BCUT2D eigenvalue weighted by Gasteiger charge is 2.49. The number of carbonyl (C=O) groups excluding carboxylic acids is 1. The molecule has 4 rings (SSSR count). The van der Waals surface area contributed by atoms with Crippen molar-refractivity contribution in [2.24, 2.45) is 0 Å². The summed E-state index contributed by atoms with van der Waals surface area (Å²) in [5, 5.41) is 30.8. The molecule has 2 aromatic carbocycles. The zero-order chi connectivity index (χ0) is 21.6. The molecule has 0 saturated heterocycles. The van der Waals surface area contributed by atoms with Crippen LogP contribution in [-0.4, -0.2) is 57.2 Å². The van der Waals surface area contributed by atoms with Crippen LogP contribution in [0, 0.1) is 31.6 Å². The van der Waals surface area contributed by atoms with Crippen LogP contribution in [-0.2, 0) is 12.0 Å². The number of carbonyl (C=O) groups is 1. The number of rotatable bonds is 2. The van der Waals surface area contributed by atoms with Crippen molar-refractivity contribution >= 4 is 5.91 Å². The number of nitrogens with zero attached hydrogens (tertiary/aromatic N) is 2. The first kappa shape index (κ1) is 19.7. The van der Waals surface area contributed by atoms with E-state index in [1.807, 2.05) is 13.0 Å². The first-order valence-corrected chi connectivity index (χ1v) is 9.58. The smallest absolute Gasteiger partial charge is 0.255 e. The van der Waals surface area contributed by atoms with Gasteiger partial charge in [-0.15, -0.1) is 12.8 Å². The number of aryl methyl sites for hydroxylation is 1. The van der Waals surface area contributed by atoms with Crippen molar-refractivity contribution in [1.29, 1.82) is 0 Å². The van der Waals surface area contributed by atoms with Crippen molar-refractivity contribution in [2.75, 3.05) is 26.2 Å². The number of terminal acetylenes is 2. The molecular weight excluding hydrogens is 380 g/mol. The van der Waals surface area contributed by atoms with Gasteiger partial charge in [0.25, 0.3) is 5.91 Å². The molecule has 2 aromatic rings. The van der Waals surface area contributed by atoms with Gasteiger partial charge in [-0.3, -0.25) is 9.69 Å². The van der Waals surface area contributed by atoms with Gasteiger partial charge < -0.3 is 20.2 Å². The van der Waals surface area contributed by atoms with Gasteiger partial charge in [0.05, 0.1) is 18.5 Å². The molecule has 2 heterocycles. The fraction of sp³-hybridized carbons (Fsp3) is 0.292. The van der Waals surface area contributed by atoms with Crippen LogP contribution in [0.3, 0.4) is 0 Å². The fourth-order valence-electron chi connectivity index (χ4n) is 4.74. The van der Waals surface area contributed by atoms with Crippen molar-refractivity contribution in [1.82, 2.24) is 9.80 Å². The third-order valence-electron chi connectivity index (χ3n) is 6.03. The molecule has 30 heavy (non-hydrogen) atoms. The van der Waals surface area contributed by atoms with Crippen molar-refractivity contribution in [3.63, 3.8) is 0 Å². The van der Waals surface area contributed by atoms with Crippen molar-refractivity contribution < 1.29 is 20.1 Å². The first-order valence-electron chi connectivity index (χ1n) is 9.58. The first-order chi connectivity index (χ1) is 14.3. The van der Waals surface area contributed by atoms with Crippen molar-refractivity contribution in [3.8, 4) is 41.9 Å². The second-order valence-electron chi connectivity index (χ2n) is 7.98. The summed E-state index contributed by atoms with van der Waals surface area (Å²) in [4.78, 5) is 16.7. The summed E-state index contributed by atoms with van der Waals surface area (Å²) in [5.41, 5.74) is 2.68. The van der Waals surface area contributed by atoms with E-state index >= 15 is 0 Å². The van der Waals surface area contributed by atoms with Crippen LogP contribution >= 0.6 is 0 Å². The summed E-state index contributed by atoms with van der Waals surface area (Å²) in [6, 6.07) is 6.38. The SMILES string of the molecule is C#CCN1Cc2cc(C)c(O)cc2C2(C1)CN(CC#C)C(=O)c1cc(O)c(O)cc12. The van der Waals surface area contributed by atoms with Crippen LogP contribution in [0.4, 0.5) is 0 Å². The molecule has 152 valence electrons. The van der Waals surface area contributed by atoms with Gasteiger partial charge in [-0.25, -0.2) is 0 Å². The number of hydrogen-bond donors (Lipinski definition) is 3. The van der Waals surface area contributed by atoms with Gasteiger partial charge in [-0.2, -0.15) is 0 Å². The molecule has 0 saturated carbocycles. The molecular formula is C24H22N2O4. The molecule has 3 N–H and O–H groups in total. The maximum absolute atomic E-state index is 13.1. The lowest BCUT2D eigenvalue weighted by atomic mass is 9.66. The molecule has 0 fully saturated rings. The molecule has 1 spiro atoms. The quantitative estimate of drug-likeness (QED) is 0.528. The Morgan fingerprint density at radius 3 is 2.33 bits per heavy atom. The monoisotopic (exact) mass is 402 g/mol. The molecule has 0 aliphatic carbocycles. The van der Waals surface area contributed by atoms with Crippen LogP contribution in [0.15, 0.2) is 24.3 Å². The zero-order valence-electron chi connectivity index (χ0n) is 16.6. The van der Waals surface area contributed by atoms with E-state index in [4.69, 9.17) is 12.8 Å². The fourth-order valence-corrected chi connectivity index (χ4v) is 4.74. The third-order valence-corrected chi connectivity index (χ3v) is 6.03. The number of fused-ring (bicyclic) bond motifs is 4. The molecule has 1 atom stereocenters. The average molecular weight is 402 g/mol. The highest BCUT2D eigenvalue weighted by atomic mass is 16.3. The molecule has 6 heteroatoms. The normalized spacial score (nSPS) is 20.4. The van der Waals surface area contributed by atoms with E-state index in [0.29, 0.717) is 25.2 Å². The average Bonchev–Trinajstić information content (AvgIpc) is 2.69. The van der Waals surface area contributed by atoms with Crippen molar-refractivity contribution in [2.45, 2.75) is 18.9 Å². The summed E-state index contributed by atoms with van der Waals surface area (Å²) in [5.74, 6) is 4.37. The van der Waals surface area contributed by atoms with E-state index in [9.17, 15) is 20.1 Å². The highest BCUT2D eigenvalue weighted by Crippen LogP contribution is 2.48. The number of amides is 1. The van der Waals surface area contributed by atoms with Gasteiger partial charge in [0.1, 0.15) is 5.75 Å². The van der Waals surface area contributed by atoms with Crippen LogP contribution in [0.5, 0.6) is 17.2 Å². The summed E-state index contributed by atoms with van der Waals surface area (Å²) in [7, 11) is 0. The van der Waals surface area contributed by atoms with Gasteiger partial charge in [-0.1, -0.05) is 17.9 Å². The minimum Gasteiger partial charge on any atom is -0.508 e. The number of phenols is 3. The molecule has 2 aliphatic rings. The van der Waals surface area contributed by atoms with E-state index in [0.717, 1.165) is 16.7 Å². The van der Waals surface area contributed by atoms with E-state index in [1.165, 1.54) is 12.1 Å². The summed E-state index contributed by atoms with van der Waals surface area (Å²) >= 11 is 0. The predicted molar refractivity (Wildman–Crippen MR) is 112 cm³/mol. The van der Waals surface area contributed by atoms with Crippen LogP contribution < -0.4 is 0 Å². The van der Waals surface area contributed by atoms with Gasteiger partial charge in [0.15, 0.2) is 11.5 Å². The van der Waals surface area contributed by atoms with Gasteiger partial charge >= 0.3 is 0 Å². The van der Waals surface area contributed by atoms with Crippen molar-refractivity contribution in [3.05, 3.63) is 52.1 Å². The second-order valence-corrected chi connectivity index (χ2v) is 7.98. The van der Waals surface area contributed by atoms with Crippen LogP contribution in [0.1, 0.15) is 32.6 Å². The van der Waals surface area contributed by atoms with Crippen LogP contribution in [0.2, 0.25) is 0 Å². The lowest BCUT2D eigenvalue weighted by molar-refractivity contribution is 0.0678. The van der Waals surface area contributed by atoms with E-state index < -0.39 is 5.41 Å². The maximum Gasteiger partial charge on any atom is 0.255 e. The second kappa shape index (κ2) is 7.02. The topological polar surface area (TPSA) is 84.2 Å². The molecule has 6 nitrogen and oxygen atoms in total. The Balaban J connectivity index is 2.04. The Labute approximate surface area is 175 Å². The standard InChI is InChI=1S/C24H22N2O4/c1-4-6-25-12-16-8-15(3)20(27)10-18(16)24(13-25)14-26(7-5-2)23(30)17-9-21(28)22(29)11-19(17)24/h1-2,8-11,27-29H,6-7,12-14H2,3H3. The van der Waals surface area contributed by atoms with E-state index in [2.05, 4.69) is 16.7 Å². The van der Waals surface area contributed by atoms with Gasteiger partial charge in [0.2, 0.25) is 0 Å². The molecule has 0 aromatic heterocycles. The number of phenolic OH excluding ortho intramolecular Hbond substituents is 3. The molecule has 1 unspecified atom stereocenters. The highest BCUT2D eigenvalue weighted by molar-refractivity contribution is 5.99. The van der Waals surface area contributed by atoms with E-state index in [-0.39, 0.29) is 41.8 Å². The molecule has 1 amide bonds. The summed E-state index contributed by atoms with van der Waals surface area (Å²) in [6.45, 7) is 3.68. The summed E-state index contributed by atoms with van der Waals surface area (Å²) < 4.78 is 0. The van der Waals surface area contributed by atoms with Gasteiger partial charge in [-0.05, 0) is 47.4 Å². The third kappa shape index (κ3) is 2.85. The Morgan fingerprint density at radius 1 is 0.967 bits per heavy atom.